The van der Waals surface area contributed by atoms with Gasteiger partial charge in [0, 0.05) is 10.8 Å². The highest BCUT2D eigenvalue weighted by molar-refractivity contribution is 5.78. The minimum Gasteiger partial charge on any atom is -0.481 e. The highest BCUT2D eigenvalue weighted by Crippen LogP contribution is 2.51. The summed E-state index contributed by atoms with van der Waals surface area (Å²) in [5, 5.41) is 13.6. The summed E-state index contributed by atoms with van der Waals surface area (Å²) >= 11 is 0. The lowest BCUT2D eigenvalue weighted by atomic mass is 9.92. The van der Waals surface area contributed by atoms with Gasteiger partial charge in [-0.3, -0.25) is 4.79 Å². The maximum absolute atomic E-state index is 10.8. The minimum absolute atomic E-state index is 0.160. The van der Waals surface area contributed by atoms with Crippen molar-refractivity contribution in [3.8, 4) is 0 Å². The van der Waals surface area contributed by atoms with E-state index in [2.05, 4.69) is 5.16 Å². The summed E-state index contributed by atoms with van der Waals surface area (Å²) in [5.74, 6) is -0.741. The standard InChI is InChI=1S/C12H11NO3/c14-11(15)6-12(3-4-12)9-2-1-8-7-13-16-10(8)5-9/h1-2,5,7H,3-4,6H2,(H,14,15). The zero-order chi connectivity index (χ0) is 11.2. The van der Waals surface area contributed by atoms with Gasteiger partial charge in [0.05, 0.1) is 12.6 Å². The molecule has 0 saturated heterocycles. The summed E-state index contributed by atoms with van der Waals surface area (Å²) in [6, 6.07) is 5.83. The van der Waals surface area contributed by atoms with Gasteiger partial charge in [0.2, 0.25) is 0 Å². The Morgan fingerprint density at radius 2 is 2.31 bits per heavy atom. The second-order valence-corrected chi connectivity index (χ2v) is 4.43. The molecule has 4 heteroatoms. The molecule has 1 aromatic heterocycles. The van der Waals surface area contributed by atoms with Gasteiger partial charge in [0.25, 0.3) is 0 Å². The van der Waals surface area contributed by atoms with Gasteiger partial charge in [0.15, 0.2) is 5.58 Å². The molecular formula is C12H11NO3. The molecule has 0 atom stereocenters. The molecule has 1 N–H and O–H groups in total. The van der Waals surface area contributed by atoms with E-state index in [1.807, 2.05) is 18.2 Å². The van der Waals surface area contributed by atoms with Crippen molar-refractivity contribution < 1.29 is 14.4 Å². The van der Waals surface area contributed by atoms with E-state index in [9.17, 15) is 4.79 Å². The van der Waals surface area contributed by atoms with Crippen LogP contribution in [-0.2, 0) is 10.2 Å². The number of carboxylic acid groups (broad SMARTS) is 1. The van der Waals surface area contributed by atoms with Crippen LogP contribution in [0.1, 0.15) is 24.8 Å². The first-order valence-corrected chi connectivity index (χ1v) is 5.26. The van der Waals surface area contributed by atoms with E-state index >= 15 is 0 Å². The van der Waals surface area contributed by atoms with Crippen LogP contribution in [-0.4, -0.2) is 16.2 Å². The topological polar surface area (TPSA) is 63.3 Å². The molecule has 2 aromatic rings. The second-order valence-electron chi connectivity index (χ2n) is 4.43. The van der Waals surface area contributed by atoms with E-state index in [0.29, 0.717) is 0 Å². The Bertz CT molecular complexity index is 554. The molecule has 1 aliphatic rings. The highest BCUT2D eigenvalue weighted by Gasteiger charge is 2.46. The number of benzene rings is 1. The van der Waals surface area contributed by atoms with Crippen LogP contribution in [0.3, 0.4) is 0 Å². The summed E-state index contributed by atoms with van der Waals surface area (Å²) in [7, 11) is 0. The van der Waals surface area contributed by atoms with Crippen molar-refractivity contribution in [3.05, 3.63) is 30.0 Å². The van der Waals surface area contributed by atoms with Gasteiger partial charge in [0.1, 0.15) is 0 Å². The summed E-state index contributed by atoms with van der Waals surface area (Å²) in [5.41, 5.74) is 1.63. The maximum atomic E-state index is 10.8. The van der Waals surface area contributed by atoms with Crippen molar-refractivity contribution >= 4 is 16.9 Å². The fourth-order valence-electron chi connectivity index (χ4n) is 2.20. The third kappa shape index (κ3) is 1.38. The molecule has 1 aliphatic carbocycles. The van der Waals surface area contributed by atoms with Crippen LogP contribution < -0.4 is 0 Å². The second kappa shape index (κ2) is 3.07. The SMILES string of the molecule is O=C(O)CC1(c2ccc3cnoc3c2)CC1. The Kier molecular flexibility index (Phi) is 1.80. The lowest BCUT2D eigenvalue weighted by molar-refractivity contribution is -0.137. The van der Waals surface area contributed by atoms with Crippen molar-refractivity contribution in [1.82, 2.24) is 5.16 Å². The summed E-state index contributed by atoms with van der Waals surface area (Å²) in [6.45, 7) is 0. The van der Waals surface area contributed by atoms with Crippen LogP contribution in [0.4, 0.5) is 0 Å². The normalized spacial score (nSPS) is 17.5. The van der Waals surface area contributed by atoms with Crippen LogP contribution in [0, 0.1) is 0 Å². The van der Waals surface area contributed by atoms with Crippen molar-refractivity contribution in [2.75, 3.05) is 0 Å². The van der Waals surface area contributed by atoms with Gasteiger partial charge in [-0.25, -0.2) is 0 Å². The van der Waals surface area contributed by atoms with Gasteiger partial charge in [-0.1, -0.05) is 11.2 Å². The fourth-order valence-corrected chi connectivity index (χ4v) is 2.20. The monoisotopic (exact) mass is 217 g/mol. The number of fused-ring (bicyclic) bond motifs is 1. The van der Waals surface area contributed by atoms with Gasteiger partial charge in [-0.15, -0.1) is 0 Å². The summed E-state index contributed by atoms with van der Waals surface area (Å²) in [4.78, 5) is 10.8. The number of aromatic nitrogens is 1. The van der Waals surface area contributed by atoms with Crippen molar-refractivity contribution in [2.45, 2.75) is 24.7 Å². The van der Waals surface area contributed by atoms with Crippen LogP contribution >= 0.6 is 0 Å². The lowest BCUT2D eigenvalue weighted by Gasteiger charge is -2.12. The molecule has 82 valence electrons. The molecule has 4 nitrogen and oxygen atoms in total. The van der Waals surface area contributed by atoms with Gasteiger partial charge in [-0.2, -0.15) is 0 Å². The van der Waals surface area contributed by atoms with Crippen LogP contribution in [0.15, 0.2) is 28.9 Å². The smallest absolute Gasteiger partial charge is 0.304 e. The predicted molar refractivity (Wildman–Crippen MR) is 57.2 cm³/mol. The molecule has 0 unspecified atom stereocenters. The van der Waals surface area contributed by atoms with E-state index in [1.165, 1.54) is 0 Å². The number of hydrogen-bond donors (Lipinski definition) is 1. The average Bonchev–Trinajstić information content (AvgIpc) is 2.87. The molecule has 1 saturated carbocycles. The van der Waals surface area contributed by atoms with Crippen molar-refractivity contribution in [3.63, 3.8) is 0 Å². The van der Waals surface area contributed by atoms with E-state index in [1.54, 1.807) is 6.20 Å². The lowest BCUT2D eigenvalue weighted by Crippen LogP contribution is -2.12. The molecule has 3 rings (SSSR count). The Morgan fingerprint density at radius 3 is 3.00 bits per heavy atom. The Labute approximate surface area is 91.9 Å². The Morgan fingerprint density at radius 1 is 1.50 bits per heavy atom. The maximum Gasteiger partial charge on any atom is 0.304 e. The first kappa shape index (κ1) is 9.39. The predicted octanol–water partition coefficient (Wildman–Crippen LogP) is 2.33. The van der Waals surface area contributed by atoms with Gasteiger partial charge in [-0.05, 0) is 30.5 Å². The third-order valence-corrected chi connectivity index (χ3v) is 3.31. The van der Waals surface area contributed by atoms with Crippen LogP contribution in [0.5, 0.6) is 0 Å². The molecule has 0 bridgehead atoms. The third-order valence-electron chi connectivity index (χ3n) is 3.31. The number of rotatable bonds is 3. The Hall–Kier alpha value is -1.84. The van der Waals surface area contributed by atoms with Crippen molar-refractivity contribution in [1.29, 1.82) is 0 Å². The average molecular weight is 217 g/mol. The van der Waals surface area contributed by atoms with E-state index in [4.69, 9.17) is 9.63 Å². The van der Waals surface area contributed by atoms with Gasteiger partial charge < -0.3 is 9.63 Å². The van der Waals surface area contributed by atoms with Crippen LogP contribution in [0.2, 0.25) is 0 Å². The number of nitrogens with zero attached hydrogens (tertiary/aromatic N) is 1. The highest BCUT2D eigenvalue weighted by atomic mass is 16.5. The molecule has 0 aliphatic heterocycles. The first-order valence-electron chi connectivity index (χ1n) is 5.26. The van der Waals surface area contributed by atoms with E-state index in [0.717, 1.165) is 29.4 Å². The minimum atomic E-state index is -0.741. The molecule has 0 amide bonds. The molecule has 1 heterocycles. The first-order chi connectivity index (χ1) is 7.70. The molecule has 0 spiro atoms. The Balaban J connectivity index is 2.02. The summed E-state index contributed by atoms with van der Waals surface area (Å²) < 4.78 is 5.09. The number of carboxylic acids is 1. The van der Waals surface area contributed by atoms with Crippen molar-refractivity contribution in [2.24, 2.45) is 0 Å². The zero-order valence-electron chi connectivity index (χ0n) is 8.64. The molecule has 1 aromatic carbocycles. The molecular weight excluding hydrogens is 206 g/mol. The fraction of sp³-hybridized carbons (Fsp3) is 0.333. The quantitative estimate of drug-likeness (QED) is 0.857. The van der Waals surface area contributed by atoms with E-state index < -0.39 is 5.97 Å². The number of aliphatic carboxylic acids is 1. The van der Waals surface area contributed by atoms with Gasteiger partial charge >= 0.3 is 5.97 Å². The number of hydrogen-bond acceptors (Lipinski definition) is 3. The molecule has 0 radical (unpaired) electrons. The molecule has 1 fully saturated rings. The molecule has 16 heavy (non-hydrogen) atoms. The van der Waals surface area contributed by atoms with Crippen LogP contribution in [0.25, 0.3) is 11.0 Å². The zero-order valence-corrected chi connectivity index (χ0v) is 8.64. The van der Waals surface area contributed by atoms with E-state index in [-0.39, 0.29) is 11.8 Å². The largest absolute Gasteiger partial charge is 0.481 e. The summed E-state index contributed by atoms with van der Waals surface area (Å²) in [6.07, 6.45) is 3.75. The number of carbonyl (C=O) groups is 1.